The highest BCUT2D eigenvalue weighted by molar-refractivity contribution is 7.19. The monoisotopic (exact) mass is 926 g/mol. The first kappa shape index (κ1) is 43.5. The fraction of sp³-hybridized carbons (Fsp3) is 0.0455. The Morgan fingerprint density at radius 3 is 1.38 bits per heavy atom. The molecule has 0 unspecified atom stereocenters. The van der Waals surface area contributed by atoms with Gasteiger partial charge in [-0.3, -0.25) is 0 Å². The minimum Gasteiger partial charge on any atom is -0.309 e. The van der Waals surface area contributed by atoms with E-state index < -0.39 is 8.07 Å². The number of fused-ring (bicyclic) bond motifs is 3. The third-order valence-electron chi connectivity index (χ3n) is 14.1. The van der Waals surface area contributed by atoms with E-state index in [2.05, 4.69) is 238 Å². The molecule has 0 aliphatic carbocycles. The Morgan fingerprint density at radius 2 is 0.803 bits per heavy atom. The number of hydrogen-bond donors (Lipinski definition) is 0. The summed E-state index contributed by atoms with van der Waals surface area (Å²) in [7, 11) is -2.87. The molecule has 0 saturated carbocycles. The van der Waals surface area contributed by atoms with E-state index in [0.29, 0.717) is 17.5 Å². The van der Waals surface area contributed by atoms with E-state index in [-0.39, 0.29) is 0 Å². The number of nitrogens with zero attached hydrogens (tertiary/aromatic N) is 4. The first-order chi connectivity index (χ1) is 34.9. The quantitative estimate of drug-likeness (QED) is 0.101. The maximum Gasteiger partial charge on any atom is 0.179 e. The molecule has 5 heteroatoms. The summed E-state index contributed by atoms with van der Waals surface area (Å²) in [5.74, 6) is 1.84. The van der Waals surface area contributed by atoms with Crippen molar-refractivity contribution in [2.24, 2.45) is 0 Å². The molecule has 0 N–H and O–H groups in total. The van der Waals surface area contributed by atoms with E-state index in [9.17, 15) is 0 Å². The largest absolute Gasteiger partial charge is 0.309 e. The van der Waals surface area contributed by atoms with E-state index in [0.717, 1.165) is 44.5 Å². The van der Waals surface area contributed by atoms with Crippen LogP contribution in [0.5, 0.6) is 0 Å². The first-order valence-corrected chi connectivity index (χ1v) is 26.3. The van der Waals surface area contributed by atoms with Gasteiger partial charge in [0.05, 0.1) is 11.0 Å². The van der Waals surface area contributed by atoms with E-state index in [4.69, 9.17) is 15.0 Å². The summed E-state index contributed by atoms with van der Waals surface area (Å²) < 4.78 is 2.42. The van der Waals surface area contributed by atoms with Crippen LogP contribution in [0.2, 0.25) is 0 Å². The number of rotatable bonds is 10. The Labute approximate surface area is 416 Å². The van der Waals surface area contributed by atoms with Crippen LogP contribution in [0, 0.1) is 20.8 Å². The van der Waals surface area contributed by atoms with Gasteiger partial charge < -0.3 is 4.57 Å². The van der Waals surface area contributed by atoms with E-state index >= 15 is 0 Å². The molecule has 10 aromatic carbocycles. The lowest BCUT2D eigenvalue weighted by Gasteiger charge is -2.34. The molecule has 0 aliphatic heterocycles. The summed E-state index contributed by atoms with van der Waals surface area (Å²) in [6.45, 7) is 6.63. The van der Waals surface area contributed by atoms with Crippen LogP contribution >= 0.6 is 0 Å². The summed E-state index contributed by atoms with van der Waals surface area (Å²) in [6.07, 6.45) is 0. The highest BCUT2D eigenvalue weighted by atomic mass is 28.3. The van der Waals surface area contributed by atoms with Crippen molar-refractivity contribution in [1.82, 2.24) is 19.5 Å². The maximum absolute atomic E-state index is 5.40. The third kappa shape index (κ3) is 7.77. The fourth-order valence-corrected chi connectivity index (χ4v) is 15.9. The third-order valence-corrected chi connectivity index (χ3v) is 18.8. The molecular weight excluding hydrogens is 877 g/mol. The van der Waals surface area contributed by atoms with Crippen LogP contribution in [0.25, 0.3) is 83.9 Å². The lowest BCUT2D eigenvalue weighted by molar-refractivity contribution is 1.07. The van der Waals surface area contributed by atoms with Gasteiger partial charge in [-0.05, 0) is 99.2 Å². The highest BCUT2D eigenvalue weighted by Gasteiger charge is 2.41. The van der Waals surface area contributed by atoms with Crippen molar-refractivity contribution in [2.75, 3.05) is 0 Å². The predicted molar refractivity (Wildman–Crippen MR) is 299 cm³/mol. The Hall–Kier alpha value is -8.77. The number of aryl methyl sites for hydroxylation is 3. The minimum absolute atomic E-state index is 0.602. The number of hydrogen-bond acceptors (Lipinski definition) is 3. The van der Waals surface area contributed by atoms with Crippen molar-refractivity contribution >= 4 is 50.6 Å². The zero-order chi connectivity index (χ0) is 47.9. The number of benzene rings is 10. The number of aromatic nitrogens is 4. The molecule has 0 aliphatic rings. The van der Waals surface area contributed by atoms with E-state index in [1.54, 1.807) is 0 Å². The smallest absolute Gasteiger partial charge is 0.179 e. The maximum atomic E-state index is 5.40. The lowest BCUT2D eigenvalue weighted by atomic mass is 9.93. The van der Waals surface area contributed by atoms with Gasteiger partial charge in [0.2, 0.25) is 0 Å². The van der Waals surface area contributed by atoms with Gasteiger partial charge in [-0.15, -0.1) is 0 Å². The van der Waals surface area contributed by atoms with Crippen molar-refractivity contribution in [3.63, 3.8) is 0 Å². The SMILES string of the molecule is Cc1cc(C)c(-c2ccc3c4ccccc4n(-c4ccc(-c5cccc([Si](c6ccccc6)(c6ccccc6)c6ccccc6)c5)c(-c5nc(-c6ccccc6)nc(-c6ccccc6)n5)c4)c3c2)c(C)c1. The topological polar surface area (TPSA) is 43.6 Å². The van der Waals surface area contributed by atoms with Gasteiger partial charge in [-0.25, -0.2) is 15.0 Å². The van der Waals surface area contributed by atoms with Crippen molar-refractivity contribution in [1.29, 1.82) is 0 Å². The molecule has 12 rings (SSSR count). The van der Waals surface area contributed by atoms with Gasteiger partial charge in [0, 0.05) is 33.2 Å². The van der Waals surface area contributed by atoms with Gasteiger partial charge in [0.25, 0.3) is 0 Å². The summed E-state index contributed by atoms with van der Waals surface area (Å²) in [5, 5.41) is 7.66. The van der Waals surface area contributed by atoms with Gasteiger partial charge in [0.1, 0.15) is 0 Å². The van der Waals surface area contributed by atoms with Crippen LogP contribution in [-0.2, 0) is 0 Å². The molecule has 0 radical (unpaired) electrons. The lowest BCUT2D eigenvalue weighted by Crippen LogP contribution is -2.74. The molecule has 0 atom stereocenters. The molecular formula is C66H50N4Si. The van der Waals surface area contributed by atoms with Crippen molar-refractivity contribution in [3.05, 3.63) is 265 Å². The molecule has 0 saturated heterocycles. The zero-order valence-electron chi connectivity index (χ0n) is 40.0. The van der Waals surface area contributed by atoms with Gasteiger partial charge in [-0.2, -0.15) is 0 Å². The Bertz CT molecular complexity index is 3710. The fourth-order valence-electron chi connectivity index (χ4n) is 11.1. The summed E-state index contributed by atoms with van der Waals surface area (Å²) in [4.78, 5) is 15.9. The first-order valence-electron chi connectivity index (χ1n) is 24.3. The van der Waals surface area contributed by atoms with E-state index in [1.807, 2.05) is 36.4 Å². The standard InChI is InChI=1S/C66H50N4Si/c1-45-40-46(2)63(47(3)41-45)51-36-38-59-58-34-19-20-35-61(58)70(62(59)43-51)52-37-39-57(60(44-52)66-68-64(48-22-9-4-10-23-48)67-65(69-66)49-24-11-5-12-25-49)50-26-21-33-56(42-50)71(53-27-13-6-14-28-53,54-29-15-7-16-30-54)55-31-17-8-18-32-55/h4-44H,1-3H3. The van der Waals surface area contributed by atoms with Crippen LogP contribution in [0.15, 0.2) is 249 Å². The van der Waals surface area contributed by atoms with Crippen molar-refractivity contribution in [3.8, 4) is 62.1 Å². The predicted octanol–water partition coefficient (Wildman–Crippen LogP) is 13.6. The Kier molecular flexibility index (Phi) is 11.2. The zero-order valence-corrected chi connectivity index (χ0v) is 41.0. The van der Waals surface area contributed by atoms with Gasteiger partial charge >= 0.3 is 0 Å². The minimum atomic E-state index is -2.87. The molecule has 2 aromatic heterocycles. The number of para-hydroxylation sites is 1. The second-order valence-electron chi connectivity index (χ2n) is 18.6. The highest BCUT2D eigenvalue weighted by Crippen LogP contribution is 2.40. The molecule has 0 amide bonds. The summed E-state index contributed by atoms with van der Waals surface area (Å²) in [5.41, 5.74) is 14.5. The molecule has 71 heavy (non-hydrogen) atoms. The Balaban J connectivity index is 1.14. The van der Waals surface area contributed by atoms with Crippen LogP contribution in [0.3, 0.4) is 0 Å². The van der Waals surface area contributed by atoms with E-state index in [1.165, 1.54) is 59.3 Å². The van der Waals surface area contributed by atoms with Crippen LogP contribution in [0.1, 0.15) is 16.7 Å². The summed E-state index contributed by atoms with van der Waals surface area (Å²) >= 11 is 0. The second kappa shape index (κ2) is 18.3. The van der Waals surface area contributed by atoms with Crippen LogP contribution < -0.4 is 20.7 Å². The molecule has 0 fully saturated rings. The molecule has 12 aromatic rings. The molecule has 0 bridgehead atoms. The molecule has 338 valence electrons. The van der Waals surface area contributed by atoms with Crippen LogP contribution in [0.4, 0.5) is 0 Å². The molecule has 2 heterocycles. The molecule has 0 spiro atoms. The van der Waals surface area contributed by atoms with Crippen LogP contribution in [-0.4, -0.2) is 27.6 Å². The molecule has 4 nitrogen and oxygen atoms in total. The van der Waals surface area contributed by atoms with Gasteiger partial charge in [-0.1, -0.05) is 230 Å². The summed E-state index contributed by atoms with van der Waals surface area (Å²) in [6, 6.07) is 90.3. The average molecular weight is 927 g/mol. The second-order valence-corrected chi connectivity index (χ2v) is 22.4. The van der Waals surface area contributed by atoms with Crippen molar-refractivity contribution in [2.45, 2.75) is 20.8 Å². The van der Waals surface area contributed by atoms with Gasteiger partial charge in [0.15, 0.2) is 25.5 Å². The average Bonchev–Trinajstić information content (AvgIpc) is 3.76. The van der Waals surface area contributed by atoms with Crippen molar-refractivity contribution < 1.29 is 0 Å². The Morgan fingerprint density at radius 1 is 0.324 bits per heavy atom. The normalized spacial score (nSPS) is 11.6.